The zero-order valence-electron chi connectivity index (χ0n) is 18.2. The molecule has 0 fully saturated rings. The Hall–Kier alpha value is -3.81. The third-order valence-corrected chi connectivity index (χ3v) is 5.49. The summed E-state index contributed by atoms with van der Waals surface area (Å²) < 4.78 is 18.6. The number of hydrogen-bond donors (Lipinski definition) is 1. The minimum Gasteiger partial charge on any atom is -0.486 e. The zero-order valence-corrected chi connectivity index (χ0v) is 18.2. The molecule has 8 heteroatoms. The van der Waals surface area contributed by atoms with Gasteiger partial charge in [0.15, 0.2) is 22.9 Å². The largest absolute Gasteiger partial charge is 0.486 e. The third kappa shape index (κ3) is 3.57. The molecule has 1 atom stereocenters. The third-order valence-electron chi connectivity index (χ3n) is 5.49. The summed E-state index contributed by atoms with van der Waals surface area (Å²) in [5.41, 5.74) is 2.66. The number of carbonyl (C=O) groups is 1. The predicted molar refractivity (Wildman–Crippen MR) is 119 cm³/mol. The van der Waals surface area contributed by atoms with Crippen molar-refractivity contribution in [1.82, 2.24) is 20.1 Å². The van der Waals surface area contributed by atoms with Gasteiger partial charge in [0, 0.05) is 6.04 Å². The van der Waals surface area contributed by atoms with Crippen LogP contribution in [0.4, 0.5) is 0 Å². The SMILES string of the molecule is CC(NC(=O)c1cc(-c2ccco2)nc2c1cnn2C(C)C)c1ccc2c(c1)OCCO2. The van der Waals surface area contributed by atoms with Crippen LogP contribution in [-0.4, -0.2) is 33.9 Å². The molecule has 4 heterocycles. The Morgan fingerprint density at radius 2 is 1.91 bits per heavy atom. The van der Waals surface area contributed by atoms with Crippen LogP contribution in [0.1, 0.15) is 48.8 Å². The molecule has 32 heavy (non-hydrogen) atoms. The fraction of sp³-hybridized carbons (Fsp3) is 0.292. The number of benzene rings is 1. The van der Waals surface area contributed by atoms with Gasteiger partial charge in [0.2, 0.25) is 0 Å². The Morgan fingerprint density at radius 1 is 1.09 bits per heavy atom. The van der Waals surface area contributed by atoms with Crippen molar-refractivity contribution in [2.45, 2.75) is 32.9 Å². The summed E-state index contributed by atoms with van der Waals surface area (Å²) >= 11 is 0. The summed E-state index contributed by atoms with van der Waals surface area (Å²) in [7, 11) is 0. The molecule has 1 amide bonds. The maximum Gasteiger partial charge on any atom is 0.252 e. The van der Waals surface area contributed by atoms with E-state index in [1.807, 2.05) is 49.7 Å². The van der Waals surface area contributed by atoms with Gasteiger partial charge >= 0.3 is 0 Å². The number of pyridine rings is 1. The van der Waals surface area contributed by atoms with Crippen LogP contribution in [-0.2, 0) is 0 Å². The minimum absolute atomic E-state index is 0.0967. The molecule has 4 aromatic rings. The van der Waals surface area contributed by atoms with Crippen LogP contribution in [0.3, 0.4) is 0 Å². The number of carbonyl (C=O) groups excluding carboxylic acids is 1. The molecule has 0 saturated carbocycles. The number of amides is 1. The summed E-state index contributed by atoms with van der Waals surface area (Å²) in [5, 5.41) is 8.25. The van der Waals surface area contributed by atoms with Gasteiger partial charge in [-0.1, -0.05) is 6.07 Å². The summed E-state index contributed by atoms with van der Waals surface area (Å²) in [6.07, 6.45) is 3.28. The van der Waals surface area contributed by atoms with Crippen molar-refractivity contribution in [1.29, 1.82) is 0 Å². The highest BCUT2D eigenvalue weighted by Gasteiger charge is 2.22. The van der Waals surface area contributed by atoms with E-state index in [9.17, 15) is 4.79 Å². The van der Waals surface area contributed by atoms with Gasteiger partial charge in [-0.3, -0.25) is 4.79 Å². The van der Waals surface area contributed by atoms with Crippen LogP contribution in [0.15, 0.2) is 53.3 Å². The van der Waals surface area contributed by atoms with Crippen LogP contribution in [0.5, 0.6) is 11.5 Å². The molecule has 5 rings (SSSR count). The molecule has 3 aromatic heterocycles. The van der Waals surface area contributed by atoms with Gasteiger partial charge in [-0.2, -0.15) is 5.10 Å². The molecule has 8 nitrogen and oxygen atoms in total. The predicted octanol–water partition coefficient (Wildman–Crippen LogP) is 4.53. The second-order valence-corrected chi connectivity index (χ2v) is 8.05. The van der Waals surface area contributed by atoms with Gasteiger partial charge in [-0.05, 0) is 56.7 Å². The van der Waals surface area contributed by atoms with E-state index in [1.54, 1.807) is 24.6 Å². The smallest absolute Gasteiger partial charge is 0.252 e. The fourth-order valence-corrected chi connectivity index (χ4v) is 3.82. The first kappa shape index (κ1) is 20.1. The molecule has 1 aliphatic heterocycles. The lowest BCUT2D eigenvalue weighted by Gasteiger charge is -2.21. The molecule has 0 aliphatic carbocycles. The van der Waals surface area contributed by atoms with Gasteiger partial charge in [0.05, 0.1) is 29.5 Å². The van der Waals surface area contributed by atoms with E-state index in [0.29, 0.717) is 47.0 Å². The average Bonchev–Trinajstić information content (AvgIpc) is 3.48. The average molecular weight is 432 g/mol. The molecule has 0 saturated heterocycles. The monoisotopic (exact) mass is 432 g/mol. The lowest BCUT2D eigenvalue weighted by atomic mass is 10.1. The Morgan fingerprint density at radius 3 is 2.66 bits per heavy atom. The lowest BCUT2D eigenvalue weighted by molar-refractivity contribution is 0.0941. The molecule has 164 valence electrons. The van der Waals surface area contributed by atoms with E-state index in [1.165, 1.54) is 0 Å². The number of nitrogens with one attached hydrogen (secondary N) is 1. The van der Waals surface area contributed by atoms with Crippen LogP contribution in [0.2, 0.25) is 0 Å². The van der Waals surface area contributed by atoms with E-state index in [2.05, 4.69) is 10.4 Å². The first-order valence-electron chi connectivity index (χ1n) is 10.6. The van der Waals surface area contributed by atoms with Crippen LogP contribution in [0, 0.1) is 0 Å². The number of ether oxygens (including phenoxy) is 2. The van der Waals surface area contributed by atoms with E-state index in [4.69, 9.17) is 18.9 Å². The van der Waals surface area contributed by atoms with E-state index in [-0.39, 0.29) is 18.0 Å². The molecule has 1 N–H and O–H groups in total. The van der Waals surface area contributed by atoms with Gasteiger partial charge < -0.3 is 19.2 Å². The summed E-state index contributed by atoms with van der Waals surface area (Å²) in [4.78, 5) is 18.1. The number of aromatic nitrogens is 3. The van der Waals surface area contributed by atoms with Crippen molar-refractivity contribution in [2.75, 3.05) is 13.2 Å². The molecule has 1 aromatic carbocycles. The first-order chi connectivity index (χ1) is 15.5. The van der Waals surface area contributed by atoms with Gasteiger partial charge in [-0.25, -0.2) is 9.67 Å². The normalized spacial score (nSPS) is 14.0. The molecular weight excluding hydrogens is 408 g/mol. The molecule has 1 aliphatic rings. The highest BCUT2D eigenvalue weighted by molar-refractivity contribution is 6.06. The maximum absolute atomic E-state index is 13.4. The van der Waals surface area contributed by atoms with Crippen LogP contribution < -0.4 is 14.8 Å². The van der Waals surface area contributed by atoms with Crippen LogP contribution >= 0.6 is 0 Å². The van der Waals surface area contributed by atoms with Gasteiger partial charge in [-0.15, -0.1) is 0 Å². The number of furan rings is 1. The number of fused-ring (bicyclic) bond motifs is 2. The minimum atomic E-state index is -0.242. The molecule has 0 bridgehead atoms. The van der Waals surface area contributed by atoms with Crippen LogP contribution in [0.25, 0.3) is 22.5 Å². The van der Waals surface area contributed by atoms with E-state index >= 15 is 0 Å². The highest BCUT2D eigenvalue weighted by atomic mass is 16.6. The molecule has 0 radical (unpaired) electrons. The van der Waals surface area contributed by atoms with Crippen molar-refractivity contribution >= 4 is 16.9 Å². The zero-order chi connectivity index (χ0) is 22.2. The Bertz CT molecular complexity index is 1280. The summed E-state index contributed by atoms with van der Waals surface area (Å²) in [6.45, 7) is 7.04. The standard InChI is InChI=1S/C24H24N4O4/c1-14(2)28-23-18(13-25-28)17(12-19(27-23)20-5-4-8-30-20)24(29)26-15(3)16-6-7-21-22(11-16)32-10-9-31-21/h4-8,11-15H,9-10H2,1-3H3,(H,26,29). The van der Waals surface area contributed by atoms with Crippen molar-refractivity contribution in [3.8, 4) is 23.0 Å². The number of rotatable bonds is 5. The fourth-order valence-electron chi connectivity index (χ4n) is 3.82. The Kier molecular flexibility index (Phi) is 5.05. The molecule has 0 spiro atoms. The van der Waals surface area contributed by atoms with Crippen molar-refractivity contribution in [3.05, 3.63) is 60.0 Å². The number of hydrogen-bond acceptors (Lipinski definition) is 6. The second kappa shape index (κ2) is 8.03. The topological polar surface area (TPSA) is 91.4 Å². The lowest BCUT2D eigenvalue weighted by Crippen LogP contribution is -2.27. The highest BCUT2D eigenvalue weighted by Crippen LogP contribution is 2.33. The van der Waals surface area contributed by atoms with E-state index in [0.717, 1.165) is 11.3 Å². The Balaban J connectivity index is 1.50. The van der Waals surface area contributed by atoms with Crippen molar-refractivity contribution in [2.24, 2.45) is 0 Å². The van der Waals surface area contributed by atoms with Gasteiger partial charge in [0.1, 0.15) is 18.9 Å². The Labute approximate surface area is 185 Å². The van der Waals surface area contributed by atoms with Gasteiger partial charge in [0.25, 0.3) is 5.91 Å². The quantitative estimate of drug-likeness (QED) is 0.498. The van der Waals surface area contributed by atoms with E-state index < -0.39 is 0 Å². The maximum atomic E-state index is 13.4. The first-order valence-corrected chi connectivity index (χ1v) is 10.6. The van der Waals surface area contributed by atoms with Crippen molar-refractivity contribution in [3.63, 3.8) is 0 Å². The number of nitrogens with zero attached hydrogens (tertiary/aromatic N) is 3. The second-order valence-electron chi connectivity index (χ2n) is 8.05. The summed E-state index contributed by atoms with van der Waals surface area (Å²) in [5.74, 6) is 1.80. The molecule has 1 unspecified atom stereocenters. The summed E-state index contributed by atoms with van der Waals surface area (Å²) in [6, 6.07) is 10.9. The molecular formula is C24H24N4O4. The van der Waals surface area contributed by atoms with Crippen molar-refractivity contribution < 1.29 is 18.7 Å².